The van der Waals surface area contributed by atoms with Gasteiger partial charge in [-0.2, -0.15) is 0 Å². The molecule has 1 N–H and O–H groups in total. The van der Waals surface area contributed by atoms with E-state index in [1.54, 1.807) is 24.3 Å². The van der Waals surface area contributed by atoms with E-state index in [-0.39, 0.29) is 11.5 Å². The van der Waals surface area contributed by atoms with Crippen molar-refractivity contribution in [3.05, 3.63) is 65.2 Å². The van der Waals surface area contributed by atoms with Crippen LogP contribution in [0.25, 0.3) is 6.08 Å². The summed E-state index contributed by atoms with van der Waals surface area (Å²) < 4.78 is 5.64. The first-order chi connectivity index (χ1) is 12.1. The molecule has 3 nitrogen and oxygen atoms in total. The number of hydrogen-bond acceptors (Lipinski definition) is 3. The molecular formula is C22H22O3. The molecule has 0 spiro atoms. The number of benzene rings is 2. The van der Waals surface area contributed by atoms with Crippen molar-refractivity contribution in [1.82, 2.24) is 0 Å². The van der Waals surface area contributed by atoms with E-state index in [1.807, 2.05) is 31.2 Å². The van der Waals surface area contributed by atoms with E-state index in [9.17, 15) is 9.90 Å². The predicted molar refractivity (Wildman–Crippen MR) is 101 cm³/mol. The van der Waals surface area contributed by atoms with Gasteiger partial charge < -0.3 is 9.84 Å². The smallest absolute Gasteiger partial charge is 0.189 e. The van der Waals surface area contributed by atoms with Gasteiger partial charge in [0, 0.05) is 6.42 Å². The molecule has 0 heterocycles. The molecule has 3 heteroatoms. The highest BCUT2D eigenvalue weighted by molar-refractivity contribution is 6.08. The highest BCUT2D eigenvalue weighted by atomic mass is 16.5. The largest absolute Gasteiger partial charge is 0.507 e. The summed E-state index contributed by atoms with van der Waals surface area (Å²) in [6.45, 7) is 2.50. The molecule has 0 unspecified atom stereocenters. The first-order valence-corrected chi connectivity index (χ1v) is 8.28. The maximum Gasteiger partial charge on any atom is 0.189 e. The maximum absolute atomic E-state index is 12.2. The van der Waals surface area contributed by atoms with Crippen molar-refractivity contribution in [3.8, 4) is 23.8 Å². The number of ketones is 1. The average Bonchev–Trinajstić information content (AvgIpc) is 2.60. The number of phenolic OH excluding ortho intramolecular Hbond substituents is 1. The highest BCUT2D eigenvalue weighted by Gasteiger charge is 2.07. The monoisotopic (exact) mass is 334 g/mol. The average molecular weight is 334 g/mol. The molecule has 0 radical (unpaired) electrons. The number of ether oxygens (including phenoxy) is 1. The molecule has 128 valence electrons. The number of allylic oxidation sites excluding steroid dienone is 1. The second-order valence-electron chi connectivity index (χ2n) is 5.80. The molecule has 0 aliphatic heterocycles. The van der Waals surface area contributed by atoms with Crippen LogP contribution >= 0.6 is 0 Å². The number of unbranched alkanes of at least 4 members (excludes halogenated alkanes) is 2. The number of carbonyl (C=O) groups excluding carboxylic acids is 1. The molecule has 0 saturated heterocycles. The lowest BCUT2D eigenvalue weighted by atomic mass is 10.1. The Hall–Kier alpha value is -2.99. The summed E-state index contributed by atoms with van der Waals surface area (Å²) in [6.07, 6.45) is 11.1. The number of aromatic hydroxyl groups is 1. The van der Waals surface area contributed by atoms with Gasteiger partial charge in [-0.05, 0) is 61.2 Å². The molecule has 0 saturated carbocycles. The first kappa shape index (κ1) is 18.4. The van der Waals surface area contributed by atoms with Crippen LogP contribution in [0.4, 0.5) is 0 Å². The van der Waals surface area contributed by atoms with Crippen LogP contribution in [-0.2, 0) is 0 Å². The summed E-state index contributed by atoms with van der Waals surface area (Å²) >= 11 is 0. The van der Waals surface area contributed by atoms with E-state index in [0.717, 1.165) is 36.1 Å². The van der Waals surface area contributed by atoms with Crippen molar-refractivity contribution in [3.63, 3.8) is 0 Å². The van der Waals surface area contributed by atoms with Crippen molar-refractivity contribution in [2.24, 2.45) is 0 Å². The lowest BCUT2D eigenvalue weighted by molar-refractivity contribution is 0.104. The molecule has 0 bridgehead atoms. The Morgan fingerprint density at radius 1 is 1.20 bits per heavy atom. The van der Waals surface area contributed by atoms with Gasteiger partial charge in [-0.1, -0.05) is 24.3 Å². The van der Waals surface area contributed by atoms with Gasteiger partial charge in [0.15, 0.2) is 5.78 Å². The second-order valence-corrected chi connectivity index (χ2v) is 5.80. The van der Waals surface area contributed by atoms with Crippen molar-refractivity contribution in [2.45, 2.75) is 26.2 Å². The second kappa shape index (κ2) is 9.34. The zero-order valence-corrected chi connectivity index (χ0v) is 14.4. The Balaban J connectivity index is 1.90. The fraction of sp³-hybridized carbons (Fsp3) is 0.227. The van der Waals surface area contributed by atoms with Gasteiger partial charge in [-0.25, -0.2) is 0 Å². The molecule has 0 aromatic heterocycles. The summed E-state index contributed by atoms with van der Waals surface area (Å²) in [6, 6.07) is 12.5. The fourth-order valence-corrected chi connectivity index (χ4v) is 2.31. The van der Waals surface area contributed by atoms with Crippen LogP contribution in [0, 0.1) is 19.3 Å². The van der Waals surface area contributed by atoms with Crippen molar-refractivity contribution < 1.29 is 14.6 Å². The predicted octanol–water partition coefficient (Wildman–Crippen LogP) is 4.78. The van der Waals surface area contributed by atoms with Crippen LogP contribution in [0.5, 0.6) is 11.5 Å². The molecule has 2 aromatic rings. The lowest BCUT2D eigenvalue weighted by Gasteiger charge is -2.05. The summed E-state index contributed by atoms with van der Waals surface area (Å²) in [5, 5.41) is 9.85. The Bertz CT molecular complexity index is 780. The van der Waals surface area contributed by atoms with Crippen LogP contribution in [0.1, 0.15) is 40.7 Å². The van der Waals surface area contributed by atoms with Crippen molar-refractivity contribution >= 4 is 11.9 Å². The Kier molecular flexibility index (Phi) is 6.86. The van der Waals surface area contributed by atoms with Crippen LogP contribution in [0.3, 0.4) is 0 Å². The number of rotatable bonds is 8. The number of terminal acetylenes is 1. The SMILES string of the molecule is C#CCCCCOc1ccc(C=CC(=O)c2ccc(C)cc2O)cc1. The van der Waals surface area contributed by atoms with Gasteiger partial charge in [0.25, 0.3) is 0 Å². The quantitative estimate of drug-likeness (QED) is 0.327. The van der Waals surface area contributed by atoms with E-state index in [4.69, 9.17) is 11.2 Å². The van der Waals surface area contributed by atoms with Gasteiger partial charge >= 0.3 is 0 Å². The number of carbonyl (C=O) groups is 1. The molecule has 2 aromatic carbocycles. The molecule has 25 heavy (non-hydrogen) atoms. The fourth-order valence-electron chi connectivity index (χ4n) is 2.31. The van der Waals surface area contributed by atoms with E-state index in [2.05, 4.69) is 5.92 Å². The molecule has 0 aliphatic rings. The Morgan fingerprint density at radius 3 is 2.64 bits per heavy atom. The van der Waals surface area contributed by atoms with Gasteiger partial charge in [-0.3, -0.25) is 4.79 Å². The summed E-state index contributed by atoms with van der Waals surface area (Å²) in [4.78, 5) is 12.2. The molecular weight excluding hydrogens is 312 g/mol. The van der Waals surface area contributed by atoms with Gasteiger partial charge in [0.1, 0.15) is 11.5 Å². The first-order valence-electron chi connectivity index (χ1n) is 8.28. The zero-order chi connectivity index (χ0) is 18.1. The molecule has 0 fully saturated rings. The minimum atomic E-state index is -0.230. The van der Waals surface area contributed by atoms with E-state index in [0.29, 0.717) is 12.2 Å². The number of phenols is 1. The minimum Gasteiger partial charge on any atom is -0.507 e. The van der Waals surface area contributed by atoms with E-state index in [1.165, 1.54) is 6.08 Å². The van der Waals surface area contributed by atoms with Crippen LogP contribution in [0.2, 0.25) is 0 Å². The minimum absolute atomic E-state index is 0.00299. The topological polar surface area (TPSA) is 46.5 Å². The third-order valence-electron chi connectivity index (χ3n) is 3.71. The van der Waals surface area contributed by atoms with Crippen LogP contribution < -0.4 is 4.74 Å². The summed E-state index contributed by atoms with van der Waals surface area (Å²) in [5.74, 6) is 3.17. The standard InChI is InChI=1S/C22H22O3/c1-3-4-5-6-15-25-19-11-8-18(9-12-19)10-14-21(23)20-13-7-17(2)16-22(20)24/h1,7-14,16,24H,4-6,15H2,2H3. The van der Waals surface area contributed by atoms with Gasteiger partial charge in [-0.15, -0.1) is 12.3 Å². The third kappa shape index (κ3) is 5.86. The number of aryl methyl sites for hydroxylation is 1. The molecule has 0 atom stereocenters. The van der Waals surface area contributed by atoms with E-state index < -0.39 is 0 Å². The Labute approximate surface area is 149 Å². The van der Waals surface area contributed by atoms with Gasteiger partial charge in [0.05, 0.1) is 12.2 Å². The summed E-state index contributed by atoms with van der Waals surface area (Å²) in [5.41, 5.74) is 2.10. The van der Waals surface area contributed by atoms with Crippen molar-refractivity contribution in [2.75, 3.05) is 6.61 Å². The highest BCUT2D eigenvalue weighted by Crippen LogP contribution is 2.20. The summed E-state index contributed by atoms with van der Waals surface area (Å²) in [7, 11) is 0. The zero-order valence-electron chi connectivity index (χ0n) is 14.4. The van der Waals surface area contributed by atoms with Gasteiger partial charge in [0.2, 0.25) is 0 Å². The number of hydrogen-bond donors (Lipinski definition) is 1. The van der Waals surface area contributed by atoms with Crippen LogP contribution in [-0.4, -0.2) is 17.5 Å². The van der Waals surface area contributed by atoms with E-state index >= 15 is 0 Å². The molecule has 0 aliphatic carbocycles. The maximum atomic E-state index is 12.2. The van der Waals surface area contributed by atoms with Crippen LogP contribution in [0.15, 0.2) is 48.5 Å². The molecule has 2 rings (SSSR count). The van der Waals surface area contributed by atoms with Crippen molar-refractivity contribution in [1.29, 1.82) is 0 Å². The molecule has 0 amide bonds. The third-order valence-corrected chi connectivity index (χ3v) is 3.71. The lowest BCUT2D eigenvalue weighted by Crippen LogP contribution is -1.97. The Morgan fingerprint density at radius 2 is 1.96 bits per heavy atom. The normalized spacial score (nSPS) is 10.6.